The summed E-state index contributed by atoms with van der Waals surface area (Å²) < 4.78 is 5.29. The van der Waals surface area contributed by atoms with Gasteiger partial charge in [0.1, 0.15) is 5.75 Å². The Bertz CT molecular complexity index is 442. The molecular weight excluding hydrogens is 238 g/mol. The van der Waals surface area contributed by atoms with Gasteiger partial charge in [-0.25, -0.2) is 0 Å². The normalized spacial score (nSPS) is 23.3. The van der Waals surface area contributed by atoms with Crippen molar-refractivity contribution in [2.45, 2.75) is 51.8 Å². The number of hydrogen-bond acceptors (Lipinski definition) is 3. The standard InChI is InChI=1S/C16H25NO2/c1-12-9-13(5-6-15(12)19-4)10-17-11-14(18)7-8-16(17,2)3/h5-6,9,14,18H,7-8,10-11H2,1-4H3. The Morgan fingerprint density at radius 2 is 2.16 bits per heavy atom. The summed E-state index contributed by atoms with van der Waals surface area (Å²) in [7, 11) is 1.70. The molecule has 0 aromatic heterocycles. The molecular formula is C16H25NO2. The maximum Gasteiger partial charge on any atom is 0.121 e. The number of ether oxygens (including phenoxy) is 1. The lowest BCUT2D eigenvalue weighted by atomic mass is 9.88. The van der Waals surface area contributed by atoms with E-state index in [9.17, 15) is 5.11 Å². The van der Waals surface area contributed by atoms with Gasteiger partial charge in [0.05, 0.1) is 13.2 Å². The van der Waals surface area contributed by atoms with Crippen molar-refractivity contribution in [2.24, 2.45) is 0 Å². The van der Waals surface area contributed by atoms with Gasteiger partial charge < -0.3 is 9.84 Å². The minimum Gasteiger partial charge on any atom is -0.496 e. The van der Waals surface area contributed by atoms with Crippen molar-refractivity contribution in [3.63, 3.8) is 0 Å². The highest BCUT2D eigenvalue weighted by Crippen LogP contribution is 2.29. The molecule has 1 heterocycles. The molecule has 1 N–H and O–H groups in total. The smallest absolute Gasteiger partial charge is 0.121 e. The molecule has 1 fully saturated rings. The minimum absolute atomic E-state index is 0.160. The maximum atomic E-state index is 9.86. The van der Waals surface area contributed by atoms with E-state index in [4.69, 9.17) is 4.74 Å². The zero-order valence-electron chi connectivity index (χ0n) is 12.4. The predicted molar refractivity (Wildman–Crippen MR) is 77.5 cm³/mol. The van der Waals surface area contributed by atoms with Gasteiger partial charge in [0, 0.05) is 18.6 Å². The summed E-state index contributed by atoms with van der Waals surface area (Å²) in [6, 6.07) is 6.32. The Morgan fingerprint density at radius 1 is 1.42 bits per heavy atom. The first-order valence-electron chi connectivity index (χ1n) is 6.99. The van der Waals surface area contributed by atoms with E-state index in [-0.39, 0.29) is 11.6 Å². The number of aryl methyl sites for hydroxylation is 1. The van der Waals surface area contributed by atoms with E-state index in [0.717, 1.165) is 37.2 Å². The van der Waals surface area contributed by atoms with Gasteiger partial charge in [0.15, 0.2) is 0 Å². The lowest BCUT2D eigenvalue weighted by Gasteiger charge is -2.44. The summed E-state index contributed by atoms with van der Waals surface area (Å²) >= 11 is 0. The molecule has 0 bridgehead atoms. The molecule has 1 atom stereocenters. The molecule has 0 spiro atoms. The van der Waals surface area contributed by atoms with E-state index in [0.29, 0.717) is 0 Å². The van der Waals surface area contributed by atoms with Gasteiger partial charge >= 0.3 is 0 Å². The van der Waals surface area contributed by atoms with Gasteiger partial charge in [-0.15, -0.1) is 0 Å². The molecule has 3 heteroatoms. The number of likely N-dealkylation sites (tertiary alicyclic amines) is 1. The van der Waals surface area contributed by atoms with Crippen molar-refractivity contribution >= 4 is 0 Å². The summed E-state index contributed by atoms with van der Waals surface area (Å²) in [5.74, 6) is 0.932. The number of hydrogen-bond donors (Lipinski definition) is 1. The Morgan fingerprint density at radius 3 is 2.79 bits per heavy atom. The summed E-state index contributed by atoms with van der Waals surface area (Å²) in [4.78, 5) is 2.38. The van der Waals surface area contributed by atoms with Crippen LogP contribution in [0.2, 0.25) is 0 Å². The van der Waals surface area contributed by atoms with Crippen LogP contribution in [-0.4, -0.2) is 35.3 Å². The number of aliphatic hydroxyl groups excluding tert-OH is 1. The molecule has 106 valence electrons. The van der Waals surface area contributed by atoms with Crippen molar-refractivity contribution in [1.29, 1.82) is 0 Å². The van der Waals surface area contributed by atoms with Crippen LogP contribution in [0.3, 0.4) is 0 Å². The number of piperidine rings is 1. The van der Waals surface area contributed by atoms with E-state index in [1.807, 2.05) is 6.07 Å². The Balaban J connectivity index is 2.13. The Kier molecular flexibility index (Phi) is 4.16. The molecule has 1 aliphatic heterocycles. The van der Waals surface area contributed by atoms with Gasteiger partial charge in [-0.2, -0.15) is 0 Å². The van der Waals surface area contributed by atoms with Crippen LogP contribution >= 0.6 is 0 Å². The molecule has 1 unspecified atom stereocenters. The van der Waals surface area contributed by atoms with E-state index in [2.05, 4.69) is 37.8 Å². The largest absolute Gasteiger partial charge is 0.496 e. The molecule has 19 heavy (non-hydrogen) atoms. The van der Waals surface area contributed by atoms with E-state index in [1.165, 1.54) is 5.56 Å². The van der Waals surface area contributed by atoms with Gasteiger partial charge in [-0.3, -0.25) is 4.90 Å². The molecule has 1 aromatic carbocycles. The minimum atomic E-state index is -0.188. The first-order valence-corrected chi connectivity index (χ1v) is 6.99. The van der Waals surface area contributed by atoms with Crippen LogP contribution < -0.4 is 4.74 Å². The molecule has 1 aromatic rings. The third-order valence-electron chi connectivity index (χ3n) is 4.21. The number of benzene rings is 1. The predicted octanol–water partition coefficient (Wildman–Crippen LogP) is 2.74. The van der Waals surface area contributed by atoms with Gasteiger partial charge in [-0.1, -0.05) is 12.1 Å². The Hall–Kier alpha value is -1.06. The molecule has 3 nitrogen and oxygen atoms in total. The van der Waals surface area contributed by atoms with Crippen LogP contribution in [0.5, 0.6) is 5.75 Å². The third-order valence-corrected chi connectivity index (χ3v) is 4.21. The molecule has 2 rings (SSSR count). The highest BCUT2D eigenvalue weighted by atomic mass is 16.5. The second-order valence-electron chi connectivity index (χ2n) is 6.19. The fourth-order valence-corrected chi connectivity index (χ4v) is 2.81. The topological polar surface area (TPSA) is 32.7 Å². The van der Waals surface area contributed by atoms with Gasteiger partial charge in [-0.05, 0) is 50.8 Å². The fraction of sp³-hybridized carbons (Fsp3) is 0.625. The van der Waals surface area contributed by atoms with Crippen molar-refractivity contribution < 1.29 is 9.84 Å². The van der Waals surface area contributed by atoms with Crippen molar-refractivity contribution in [3.8, 4) is 5.75 Å². The van der Waals surface area contributed by atoms with Crippen molar-refractivity contribution in [3.05, 3.63) is 29.3 Å². The highest BCUT2D eigenvalue weighted by molar-refractivity contribution is 5.36. The first kappa shape index (κ1) is 14.4. The number of nitrogens with zero attached hydrogens (tertiary/aromatic N) is 1. The summed E-state index contributed by atoms with van der Waals surface area (Å²) in [5.41, 5.74) is 2.60. The maximum absolute atomic E-state index is 9.86. The summed E-state index contributed by atoms with van der Waals surface area (Å²) in [6.07, 6.45) is 1.77. The number of rotatable bonds is 3. The molecule has 0 saturated carbocycles. The monoisotopic (exact) mass is 263 g/mol. The molecule has 1 aliphatic rings. The average Bonchev–Trinajstić information content (AvgIpc) is 2.35. The second kappa shape index (κ2) is 5.51. The van der Waals surface area contributed by atoms with Crippen LogP contribution in [0.15, 0.2) is 18.2 Å². The fourth-order valence-electron chi connectivity index (χ4n) is 2.81. The molecule has 0 radical (unpaired) electrons. The van der Waals surface area contributed by atoms with E-state index < -0.39 is 0 Å². The van der Waals surface area contributed by atoms with Crippen LogP contribution in [0.25, 0.3) is 0 Å². The zero-order valence-corrected chi connectivity index (χ0v) is 12.4. The van der Waals surface area contributed by atoms with Crippen LogP contribution in [-0.2, 0) is 6.54 Å². The summed E-state index contributed by atoms with van der Waals surface area (Å²) in [6.45, 7) is 8.23. The van der Waals surface area contributed by atoms with E-state index >= 15 is 0 Å². The van der Waals surface area contributed by atoms with E-state index in [1.54, 1.807) is 7.11 Å². The number of methoxy groups -OCH3 is 1. The first-order chi connectivity index (χ1) is 8.92. The van der Waals surface area contributed by atoms with Crippen molar-refractivity contribution in [1.82, 2.24) is 4.90 Å². The summed E-state index contributed by atoms with van der Waals surface area (Å²) in [5, 5.41) is 9.86. The van der Waals surface area contributed by atoms with Crippen molar-refractivity contribution in [2.75, 3.05) is 13.7 Å². The van der Waals surface area contributed by atoms with Gasteiger partial charge in [0.2, 0.25) is 0 Å². The van der Waals surface area contributed by atoms with Gasteiger partial charge in [0.25, 0.3) is 0 Å². The lowest BCUT2D eigenvalue weighted by Crippen LogP contribution is -2.51. The Labute approximate surface area is 116 Å². The number of β-amino-alcohol motifs (C(OH)–C–C–N with tert-alkyl or cyclic N) is 1. The second-order valence-corrected chi connectivity index (χ2v) is 6.19. The quantitative estimate of drug-likeness (QED) is 0.910. The SMILES string of the molecule is COc1ccc(CN2CC(O)CCC2(C)C)cc1C. The third kappa shape index (κ3) is 3.28. The lowest BCUT2D eigenvalue weighted by molar-refractivity contribution is -0.00960. The molecule has 0 aliphatic carbocycles. The number of aliphatic hydroxyl groups is 1. The van der Waals surface area contributed by atoms with Crippen LogP contribution in [0, 0.1) is 6.92 Å². The average molecular weight is 263 g/mol. The van der Waals surface area contributed by atoms with Crippen LogP contribution in [0.4, 0.5) is 0 Å². The zero-order chi connectivity index (χ0) is 14.0. The molecule has 0 amide bonds. The van der Waals surface area contributed by atoms with Crippen LogP contribution in [0.1, 0.15) is 37.8 Å². The highest BCUT2D eigenvalue weighted by Gasteiger charge is 2.33. The molecule has 1 saturated heterocycles.